The van der Waals surface area contributed by atoms with E-state index in [0.29, 0.717) is 0 Å². The highest BCUT2D eigenvalue weighted by atomic mass is 15.3. The van der Waals surface area contributed by atoms with Crippen LogP contribution in [0.25, 0.3) is 0 Å². The van der Waals surface area contributed by atoms with Crippen molar-refractivity contribution in [2.24, 2.45) is 0 Å². The number of nitrogens with one attached hydrogen (secondary N) is 1. The van der Waals surface area contributed by atoms with Gasteiger partial charge in [-0.15, -0.1) is 0 Å². The average molecular weight is 232 g/mol. The van der Waals surface area contributed by atoms with Crippen LogP contribution in [-0.4, -0.2) is 17.6 Å². The van der Waals surface area contributed by atoms with Gasteiger partial charge >= 0.3 is 0 Å². The number of fused-ring (bicyclic) bond motifs is 1. The Kier molecular flexibility index (Phi) is 4.43. The second-order valence-corrected chi connectivity index (χ2v) is 4.97. The first kappa shape index (κ1) is 12.4. The third-order valence-corrected chi connectivity index (χ3v) is 3.62. The summed E-state index contributed by atoms with van der Waals surface area (Å²) in [6, 6.07) is 9.41. The molecule has 17 heavy (non-hydrogen) atoms. The standard InChI is InChI=1S/C15H24N2/c1-3-7-14(8-4-2)17-11-13-9-5-6-10-15(13)16-12-17/h5-6,9-10,14,16H,3-4,7-8,11-12H2,1-2H3. The zero-order chi connectivity index (χ0) is 12.1. The molecule has 0 amide bonds. The number of nitrogens with zero attached hydrogens (tertiary/aromatic N) is 1. The normalized spacial score (nSPS) is 15.7. The lowest BCUT2D eigenvalue weighted by Gasteiger charge is -2.36. The van der Waals surface area contributed by atoms with E-state index in [1.54, 1.807) is 0 Å². The zero-order valence-electron chi connectivity index (χ0n) is 11.1. The molecule has 1 aliphatic heterocycles. The summed E-state index contributed by atoms with van der Waals surface area (Å²) in [5, 5.41) is 3.54. The molecule has 0 bridgehead atoms. The maximum absolute atomic E-state index is 3.54. The van der Waals surface area contributed by atoms with Crippen LogP contribution >= 0.6 is 0 Å². The Morgan fingerprint density at radius 3 is 2.59 bits per heavy atom. The molecule has 2 heteroatoms. The fourth-order valence-electron chi connectivity index (χ4n) is 2.73. The highest BCUT2D eigenvalue weighted by Gasteiger charge is 2.21. The molecule has 1 N–H and O–H groups in total. The highest BCUT2D eigenvalue weighted by molar-refractivity contribution is 5.52. The average Bonchev–Trinajstić information content (AvgIpc) is 2.38. The molecule has 0 saturated heterocycles. The largest absolute Gasteiger partial charge is 0.372 e. The number of benzene rings is 1. The van der Waals surface area contributed by atoms with Gasteiger partial charge in [0.05, 0.1) is 6.67 Å². The molecule has 0 unspecified atom stereocenters. The second-order valence-electron chi connectivity index (χ2n) is 4.97. The maximum Gasteiger partial charge on any atom is 0.0683 e. The lowest BCUT2D eigenvalue weighted by Crippen LogP contribution is -2.41. The minimum atomic E-state index is 0.742. The Balaban J connectivity index is 2.04. The van der Waals surface area contributed by atoms with Crippen LogP contribution in [0.3, 0.4) is 0 Å². The summed E-state index contributed by atoms with van der Waals surface area (Å²) in [6.07, 6.45) is 5.20. The van der Waals surface area contributed by atoms with Crippen molar-refractivity contribution >= 4 is 5.69 Å². The number of hydrogen-bond acceptors (Lipinski definition) is 2. The Morgan fingerprint density at radius 2 is 1.88 bits per heavy atom. The highest BCUT2D eigenvalue weighted by Crippen LogP contribution is 2.25. The molecule has 94 valence electrons. The Hall–Kier alpha value is -1.02. The number of rotatable bonds is 5. The fourth-order valence-corrected chi connectivity index (χ4v) is 2.73. The fraction of sp³-hybridized carbons (Fsp3) is 0.600. The molecule has 0 saturated carbocycles. The van der Waals surface area contributed by atoms with E-state index in [4.69, 9.17) is 0 Å². The lowest BCUT2D eigenvalue weighted by atomic mass is 10.0. The summed E-state index contributed by atoms with van der Waals surface area (Å²) in [5.41, 5.74) is 2.76. The van der Waals surface area contributed by atoms with Gasteiger partial charge in [-0.25, -0.2) is 0 Å². The van der Waals surface area contributed by atoms with Crippen molar-refractivity contribution in [1.29, 1.82) is 0 Å². The first-order chi connectivity index (χ1) is 8.35. The smallest absolute Gasteiger partial charge is 0.0683 e. The molecular weight excluding hydrogens is 208 g/mol. The number of anilines is 1. The van der Waals surface area contributed by atoms with Crippen molar-refractivity contribution in [3.8, 4) is 0 Å². The minimum Gasteiger partial charge on any atom is -0.372 e. The van der Waals surface area contributed by atoms with Crippen molar-refractivity contribution in [3.05, 3.63) is 29.8 Å². The van der Waals surface area contributed by atoms with Gasteiger partial charge in [-0.1, -0.05) is 44.9 Å². The molecule has 0 radical (unpaired) electrons. The van der Waals surface area contributed by atoms with Crippen LogP contribution in [0.1, 0.15) is 45.1 Å². The second kappa shape index (κ2) is 6.06. The molecule has 0 atom stereocenters. The van der Waals surface area contributed by atoms with Crippen LogP contribution < -0.4 is 5.32 Å². The van der Waals surface area contributed by atoms with E-state index in [2.05, 4.69) is 48.3 Å². The number of hydrogen-bond donors (Lipinski definition) is 1. The third-order valence-electron chi connectivity index (χ3n) is 3.62. The molecule has 2 nitrogen and oxygen atoms in total. The van der Waals surface area contributed by atoms with Crippen LogP contribution in [0.2, 0.25) is 0 Å². The Labute approximate surface area is 105 Å². The quantitative estimate of drug-likeness (QED) is 0.829. The summed E-state index contributed by atoms with van der Waals surface area (Å²) in [6.45, 7) is 6.68. The van der Waals surface area contributed by atoms with Gasteiger partial charge in [-0.2, -0.15) is 0 Å². The van der Waals surface area contributed by atoms with Gasteiger partial charge in [-0.05, 0) is 24.5 Å². The van der Waals surface area contributed by atoms with Crippen LogP contribution in [0.4, 0.5) is 5.69 Å². The molecule has 0 aliphatic carbocycles. The predicted octanol–water partition coefficient (Wildman–Crippen LogP) is 3.84. The van der Waals surface area contributed by atoms with Gasteiger partial charge in [0.1, 0.15) is 0 Å². The third kappa shape index (κ3) is 3.01. The molecule has 1 aromatic carbocycles. The van der Waals surface area contributed by atoms with Crippen molar-refractivity contribution in [3.63, 3.8) is 0 Å². The first-order valence-electron chi connectivity index (χ1n) is 6.91. The molecule has 2 rings (SSSR count). The molecule has 1 aromatic rings. The molecule has 0 spiro atoms. The maximum atomic E-state index is 3.54. The minimum absolute atomic E-state index is 0.742. The molecular formula is C15H24N2. The van der Waals surface area contributed by atoms with Crippen molar-refractivity contribution in [1.82, 2.24) is 4.90 Å². The van der Waals surface area contributed by atoms with Gasteiger partial charge in [0.15, 0.2) is 0 Å². The summed E-state index contributed by atoms with van der Waals surface area (Å²) in [5.74, 6) is 0. The Bertz CT molecular complexity index is 343. The monoisotopic (exact) mass is 232 g/mol. The van der Waals surface area contributed by atoms with Crippen LogP contribution in [0.15, 0.2) is 24.3 Å². The van der Waals surface area contributed by atoms with E-state index >= 15 is 0 Å². The Morgan fingerprint density at radius 1 is 1.18 bits per heavy atom. The summed E-state index contributed by atoms with van der Waals surface area (Å²) in [4.78, 5) is 2.59. The molecule has 1 aliphatic rings. The molecule has 0 aromatic heterocycles. The van der Waals surface area contributed by atoms with Crippen molar-refractivity contribution in [2.75, 3.05) is 12.0 Å². The van der Waals surface area contributed by atoms with Crippen LogP contribution in [0.5, 0.6) is 0 Å². The first-order valence-corrected chi connectivity index (χ1v) is 6.91. The van der Waals surface area contributed by atoms with Gasteiger partial charge in [-0.3, -0.25) is 4.90 Å². The van der Waals surface area contributed by atoms with Crippen molar-refractivity contribution < 1.29 is 0 Å². The van der Waals surface area contributed by atoms with E-state index in [0.717, 1.165) is 19.3 Å². The lowest BCUT2D eigenvalue weighted by molar-refractivity contribution is 0.173. The van der Waals surface area contributed by atoms with E-state index < -0.39 is 0 Å². The van der Waals surface area contributed by atoms with Gasteiger partial charge < -0.3 is 5.32 Å². The SMILES string of the molecule is CCCC(CCC)N1CNc2ccccc2C1. The molecule has 0 fully saturated rings. The zero-order valence-corrected chi connectivity index (χ0v) is 11.1. The topological polar surface area (TPSA) is 15.3 Å². The van der Waals surface area contributed by atoms with E-state index in [9.17, 15) is 0 Å². The van der Waals surface area contributed by atoms with Crippen LogP contribution in [-0.2, 0) is 6.54 Å². The van der Waals surface area contributed by atoms with Gasteiger partial charge in [0.2, 0.25) is 0 Å². The van der Waals surface area contributed by atoms with E-state index in [-0.39, 0.29) is 0 Å². The van der Waals surface area contributed by atoms with Gasteiger partial charge in [0, 0.05) is 18.3 Å². The number of para-hydroxylation sites is 1. The van der Waals surface area contributed by atoms with E-state index in [1.807, 2.05) is 0 Å². The van der Waals surface area contributed by atoms with E-state index in [1.165, 1.54) is 36.9 Å². The van der Waals surface area contributed by atoms with Gasteiger partial charge in [0.25, 0.3) is 0 Å². The van der Waals surface area contributed by atoms with Crippen LogP contribution in [0, 0.1) is 0 Å². The molecule has 1 heterocycles. The van der Waals surface area contributed by atoms with Crippen molar-refractivity contribution in [2.45, 2.75) is 52.1 Å². The summed E-state index contributed by atoms with van der Waals surface area (Å²) in [7, 11) is 0. The predicted molar refractivity (Wildman–Crippen MR) is 74.1 cm³/mol. The summed E-state index contributed by atoms with van der Waals surface area (Å²) < 4.78 is 0. The summed E-state index contributed by atoms with van der Waals surface area (Å²) >= 11 is 0.